The monoisotopic (exact) mass is 286 g/mol. The highest BCUT2D eigenvalue weighted by atomic mass is 32.1. The van der Waals surface area contributed by atoms with Crippen LogP contribution in [-0.4, -0.2) is 21.0 Å². The van der Waals surface area contributed by atoms with E-state index >= 15 is 0 Å². The molecule has 2 aromatic heterocycles. The Morgan fingerprint density at radius 3 is 2.80 bits per heavy atom. The van der Waals surface area contributed by atoms with Crippen LogP contribution in [0.4, 0.5) is 10.9 Å². The summed E-state index contributed by atoms with van der Waals surface area (Å²) in [4.78, 5) is 19.1. The molecule has 0 saturated heterocycles. The number of carbonyl (C=O) groups is 1. The van der Waals surface area contributed by atoms with Gasteiger partial charge in [0.2, 0.25) is 0 Å². The standard InChI is InChI=1S/C13H10N4O2S/c14-11-8(3-7(5-16-11)12(18)19)6-1-2-9-10(4-6)20-13(15)17-9/h1-5H,(H2,14,16)(H2,15,17)(H,18,19). The molecule has 0 fully saturated rings. The zero-order valence-corrected chi connectivity index (χ0v) is 11.0. The Balaban J connectivity index is 2.18. The lowest BCUT2D eigenvalue weighted by Crippen LogP contribution is -2.01. The molecule has 1 aromatic carbocycles. The van der Waals surface area contributed by atoms with Crippen LogP contribution in [0.2, 0.25) is 0 Å². The van der Waals surface area contributed by atoms with E-state index in [4.69, 9.17) is 16.6 Å². The number of thiazole rings is 1. The summed E-state index contributed by atoms with van der Waals surface area (Å²) in [6, 6.07) is 7.03. The first kappa shape index (κ1) is 12.4. The molecule has 7 heteroatoms. The van der Waals surface area contributed by atoms with Crippen LogP contribution in [0.15, 0.2) is 30.5 Å². The predicted octanol–water partition coefficient (Wildman–Crippen LogP) is 2.22. The normalized spacial score (nSPS) is 10.8. The largest absolute Gasteiger partial charge is 0.478 e. The number of hydrogen-bond donors (Lipinski definition) is 3. The molecule has 2 heterocycles. The number of rotatable bonds is 2. The third kappa shape index (κ3) is 2.04. The molecule has 0 aliphatic rings. The molecule has 0 unspecified atom stereocenters. The van der Waals surface area contributed by atoms with Crippen LogP contribution in [0, 0.1) is 0 Å². The highest BCUT2D eigenvalue weighted by Gasteiger charge is 2.11. The van der Waals surface area contributed by atoms with E-state index < -0.39 is 5.97 Å². The number of fused-ring (bicyclic) bond motifs is 1. The van der Waals surface area contributed by atoms with Crippen LogP contribution >= 0.6 is 11.3 Å². The molecule has 0 aliphatic heterocycles. The number of hydrogen-bond acceptors (Lipinski definition) is 6. The molecule has 0 amide bonds. The van der Waals surface area contributed by atoms with Crippen molar-refractivity contribution in [2.75, 3.05) is 11.5 Å². The third-order valence-corrected chi connectivity index (χ3v) is 3.73. The van der Waals surface area contributed by atoms with E-state index in [1.54, 1.807) is 0 Å². The van der Waals surface area contributed by atoms with E-state index in [0.717, 1.165) is 15.8 Å². The van der Waals surface area contributed by atoms with Gasteiger partial charge in [0.1, 0.15) is 5.82 Å². The predicted molar refractivity (Wildman–Crippen MR) is 78.6 cm³/mol. The molecule has 0 saturated carbocycles. The smallest absolute Gasteiger partial charge is 0.337 e. The maximum Gasteiger partial charge on any atom is 0.337 e. The number of nitrogens with two attached hydrogens (primary N) is 2. The minimum Gasteiger partial charge on any atom is -0.478 e. The van der Waals surface area contributed by atoms with Gasteiger partial charge in [-0.1, -0.05) is 17.4 Å². The van der Waals surface area contributed by atoms with Gasteiger partial charge in [0, 0.05) is 11.8 Å². The maximum atomic E-state index is 11.0. The van der Waals surface area contributed by atoms with Crippen LogP contribution in [0.5, 0.6) is 0 Å². The van der Waals surface area contributed by atoms with Crippen molar-refractivity contribution in [2.24, 2.45) is 0 Å². The first-order valence-electron chi connectivity index (χ1n) is 5.70. The number of pyridine rings is 1. The van der Waals surface area contributed by atoms with Crippen molar-refractivity contribution in [1.82, 2.24) is 9.97 Å². The molecule has 6 nitrogen and oxygen atoms in total. The Morgan fingerprint density at radius 2 is 2.05 bits per heavy atom. The molecule has 3 rings (SSSR count). The van der Waals surface area contributed by atoms with Crippen LogP contribution < -0.4 is 11.5 Å². The molecule has 100 valence electrons. The van der Waals surface area contributed by atoms with Gasteiger partial charge in [0.05, 0.1) is 15.8 Å². The first-order valence-corrected chi connectivity index (χ1v) is 6.51. The van der Waals surface area contributed by atoms with E-state index in [1.165, 1.54) is 23.6 Å². The highest BCUT2D eigenvalue weighted by Crippen LogP contribution is 2.31. The molecule has 0 aliphatic carbocycles. The number of aromatic carboxylic acids is 1. The second kappa shape index (κ2) is 4.46. The van der Waals surface area contributed by atoms with Crippen LogP contribution in [0.25, 0.3) is 21.3 Å². The number of benzene rings is 1. The van der Waals surface area contributed by atoms with Gasteiger partial charge in [-0.05, 0) is 23.8 Å². The molecule has 0 atom stereocenters. The van der Waals surface area contributed by atoms with Gasteiger partial charge in [-0.15, -0.1) is 0 Å². The zero-order valence-electron chi connectivity index (χ0n) is 10.2. The van der Waals surface area contributed by atoms with Crippen LogP contribution in [0.3, 0.4) is 0 Å². The van der Waals surface area contributed by atoms with Gasteiger partial charge < -0.3 is 16.6 Å². The molecular formula is C13H10N4O2S. The highest BCUT2D eigenvalue weighted by molar-refractivity contribution is 7.22. The minimum absolute atomic E-state index is 0.0955. The van der Waals surface area contributed by atoms with Gasteiger partial charge in [-0.2, -0.15) is 0 Å². The van der Waals surface area contributed by atoms with Gasteiger partial charge in [-0.25, -0.2) is 14.8 Å². The van der Waals surface area contributed by atoms with E-state index in [9.17, 15) is 4.79 Å². The summed E-state index contributed by atoms with van der Waals surface area (Å²) in [7, 11) is 0. The van der Waals surface area contributed by atoms with E-state index in [2.05, 4.69) is 9.97 Å². The molecule has 0 bridgehead atoms. The SMILES string of the molecule is Nc1nc2ccc(-c3cc(C(=O)O)cnc3N)cc2s1. The molecule has 20 heavy (non-hydrogen) atoms. The van der Waals surface area contributed by atoms with Crippen molar-refractivity contribution >= 4 is 38.5 Å². The van der Waals surface area contributed by atoms with Gasteiger partial charge in [0.25, 0.3) is 0 Å². The van der Waals surface area contributed by atoms with E-state index in [-0.39, 0.29) is 11.4 Å². The summed E-state index contributed by atoms with van der Waals surface area (Å²) >= 11 is 1.37. The Morgan fingerprint density at radius 1 is 1.25 bits per heavy atom. The fourth-order valence-electron chi connectivity index (χ4n) is 1.93. The maximum absolute atomic E-state index is 11.0. The number of aromatic nitrogens is 2. The summed E-state index contributed by atoms with van der Waals surface area (Å²) < 4.78 is 0.917. The van der Waals surface area contributed by atoms with Crippen LogP contribution in [0.1, 0.15) is 10.4 Å². The number of carboxylic acids is 1. The van der Waals surface area contributed by atoms with Crippen molar-refractivity contribution in [3.63, 3.8) is 0 Å². The van der Waals surface area contributed by atoms with Gasteiger partial charge in [0.15, 0.2) is 5.13 Å². The Bertz CT molecular complexity index is 828. The Hall–Kier alpha value is -2.67. The summed E-state index contributed by atoms with van der Waals surface area (Å²) in [5, 5.41) is 9.51. The van der Waals surface area contributed by atoms with Gasteiger partial charge in [-0.3, -0.25) is 0 Å². The fourth-order valence-corrected chi connectivity index (χ4v) is 2.71. The van der Waals surface area contributed by atoms with Crippen molar-refractivity contribution in [3.05, 3.63) is 36.0 Å². The molecular weight excluding hydrogens is 276 g/mol. The van der Waals surface area contributed by atoms with Crippen molar-refractivity contribution in [1.29, 1.82) is 0 Å². The van der Waals surface area contributed by atoms with Crippen molar-refractivity contribution in [3.8, 4) is 11.1 Å². The van der Waals surface area contributed by atoms with E-state index in [1.807, 2.05) is 18.2 Å². The fraction of sp³-hybridized carbons (Fsp3) is 0. The molecule has 3 aromatic rings. The number of carboxylic acid groups (broad SMARTS) is 1. The lowest BCUT2D eigenvalue weighted by Gasteiger charge is -2.06. The summed E-state index contributed by atoms with van der Waals surface area (Å²) in [6.45, 7) is 0. The van der Waals surface area contributed by atoms with Gasteiger partial charge >= 0.3 is 5.97 Å². The first-order chi connectivity index (χ1) is 9.54. The number of nitrogen functional groups attached to an aromatic ring is 2. The zero-order chi connectivity index (χ0) is 14.3. The quantitative estimate of drug-likeness (QED) is 0.665. The van der Waals surface area contributed by atoms with E-state index in [0.29, 0.717) is 10.7 Å². The minimum atomic E-state index is -1.04. The second-order valence-electron chi connectivity index (χ2n) is 4.20. The molecule has 0 spiro atoms. The summed E-state index contributed by atoms with van der Waals surface area (Å²) in [5.41, 5.74) is 13.8. The average Bonchev–Trinajstić information content (AvgIpc) is 2.78. The molecule has 5 N–H and O–H groups in total. The third-order valence-electron chi connectivity index (χ3n) is 2.88. The average molecular weight is 286 g/mol. The number of nitrogens with zero attached hydrogens (tertiary/aromatic N) is 2. The van der Waals surface area contributed by atoms with Crippen LogP contribution in [-0.2, 0) is 0 Å². The molecule has 0 radical (unpaired) electrons. The second-order valence-corrected chi connectivity index (χ2v) is 5.26. The Kier molecular flexibility index (Phi) is 2.76. The Labute approximate surface area is 117 Å². The lowest BCUT2D eigenvalue weighted by atomic mass is 10.0. The lowest BCUT2D eigenvalue weighted by molar-refractivity contribution is 0.0696. The summed E-state index contributed by atoms with van der Waals surface area (Å²) in [5.74, 6) is -0.756. The topological polar surface area (TPSA) is 115 Å². The number of anilines is 2. The van der Waals surface area contributed by atoms with Crippen molar-refractivity contribution in [2.45, 2.75) is 0 Å². The summed E-state index contributed by atoms with van der Waals surface area (Å²) in [6.07, 6.45) is 1.24. The van der Waals surface area contributed by atoms with Crippen molar-refractivity contribution < 1.29 is 9.90 Å².